The molecule has 0 atom stereocenters. The van der Waals surface area contributed by atoms with Crippen molar-refractivity contribution in [3.05, 3.63) is 54.0 Å². The number of carbonyl (C=O) groups is 1. The zero-order valence-electron chi connectivity index (χ0n) is 10.5. The van der Waals surface area contributed by atoms with E-state index in [1.54, 1.807) is 6.26 Å². The topological polar surface area (TPSA) is 42.2 Å². The van der Waals surface area contributed by atoms with Crippen LogP contribution in [0.2, 0.25) is 0 Å². The third-order valence-electron chi connectivity index (χ3n) is 2.80. The molecule has 1 heterocycles. The highest BCUT2D eigenvalue weighted by molar-refractivity contribution is 5.90. The normalized spacial score (nSPS) is 10.3. The van der Waals surface area contributed by atoms with Gasteiger partial charge in [-0.25, -0.2) is 0 Å². The monoisotopic (exact) mass is 243 g/mol. The van der Waals surface area contributed by atoms with Crippen LogP contribution in [0.15, 0.2) is 47.1 Å². The Kier molecular flexibility index (Phi) is 4.18. The van der Waals surface area contributed by atoms with Crippen LogP contribution in [0.1, 0.15) is 24.7 Å². The highest BCUT2D eigenvalue weighted by Gasteiger charge is 2.04. The van der Waals surface area contributed by atoms with Gasteiger partial charge in [0.15, 0.2) is 0 Å². The van der Waals surface area contributed by atoms with Crippen LogP contribution in [-0.2, 0) is 17.6 Å². The highest BCUT2D eigenvalue weighted by Crippen LogP contribution is 2.12. The number of benzene rings is 1. The van der Waals surface area contributed by atoms with Gasteiger partial charge in [0.25, 0.3) is 0 Å². The van der Waals surface area contributed by atoms with Crippen LogP contribution in [0.5, 0.6) is 0 Å². The average Bonchev–Trinajstić information content (AvgIpc) is 2.90. The Balaban J connectivity index is 1.86. The maximum Gasteiger partial charge on any atom is 0.224 e. The summed E-state index contributed by atoms with van der Waals surface area (Å²) in [5, 5.41) is 2.90. The van der Waals surface area contributed by atoms with E-state index >= 15 is 0 Å². The molecule has 0 unspecified atom stereocenters. The lowest BCUT2D eigenvalue weighted by atomic mass is 10.1. The Morgan fingerprint density at radius 1 is 1.28 bits per heavy atom. The van der Waals surface area contributed by atoms with Crippen LogP contribution in [0.3, 0.4) is 0 Å². The van der Waals surface area contributed by atoms with Crippen LogP contribution in [-0.4, -0.2) is 5.91 Å². The molecule has 0 radical (unpaired) electrons. The predicted octanol–water partition coefficient (Wildman–Crippen LogP) is 3.41. The Morgan fingerprint density at radius 3 is 2.89 bits per heavy atom. The molecule has 2 aromatic rings. The summed E-state index contributed by atoms with van der Waals surface area (Å²) in [7, 11) is 0. The van der Waals surface area contributed by atoms with Crippen LogP contribution in [0.4, 0.5) is 5.69 Å². The molecule has 1 amide bonds. The number of hydrogen-bond acceptors (Lipinski definition) is 2. The van der Waals surface area contributed by atoms with Crippen molar-refractivity contribution in [2.45, 2.75) is 26.2 Å². The predicted molar refractivity (Wildman–Crippen MR) is 71.5 cm³/mol. The van der Waals surface area contributed by atoms with Gasteiger partial charge in [0.05, 0.1) is 6.26 Å². The van der Waals surface area contributed by atoms with Gasteiger partial charge in [-0.15, -0.1) is 0 Å². The molecule has 0 aliphatic carbocycles. The maximum absolute atomic E-state index is 11.8. The number of amides is 1. The van der Waals surface area contributed by atoms with Crippen molar-refractivity contribution in [1.82, 2.24) is 0 Å². The second kappa shape index (κ2) is 6.05. The number of aryl methyl sites for hydroxylation is 2. The number of carbonyl (C=O) groups excluding carboxylic acids is 1. The Labute approximate surface area is 107 Å². The third-order valence-corrected chi connectivity index (χ3v) is 2.80. The fourth-order valence-electron chi connectivity index (χ4n) is 1.78. The van der Waals surface area contributed by atoms with Crippen molar-refractivity contribution in [2.24, 2.45) is 0 Å². The molecule has 0 aliphatic rings. The van der Waals surface area contributed by atoms with Crippen molar-refractivity contribution in [2.75, 3.05) is 5.32 Å². The van der Waals surface area contributed by atoms with E-state index in [0.717, 1.165) is 17.9 Å². The maximum atomic E-state index is 11.8. The SMILES string of the molecule is CCc1cccc(NC(=O)CCc2ccco2)c1. The summed E-state index contributed by atoms with van der Waals surface area (Å²) in [6.45, 7) is 2.10. The first-order valence-electron chi connectivity index (χ1n) is 6.19. The van der Waals surface area contributed by atoms with E-state index in [1.165, 1.54) is 5.56 Å². The summed E-state index contributed by atoms with van der Waals surface area (Å²) in [4.78, 5) is 11.8. The molecule has 0 spiro atoms. The second-order valence-corrected chi connectivity index (χ2v) is 4.18. The third kappa shape index (κ3) is 3.48. The quantitative estimate of drug-likeness (QED) is 0.874. The van der Waals surface area contributed by atoms with Gasteiger partial charge >= 0.3 is 0 Å². The van der Waals surface area contributed by atoms with E-state index in [9.17, 15) is 4.79 Å². The van der Waals surface area contributed by atoms with Crippen molar-refractivity contribution >= 4 is 11.6 Å². The standard InChI is InChI=1S/C15H17NO2/c1-2-12-5-3-6-13(11-12)16-15(17)9-8-14-7-4-10-18-14/h3-7,10-11H,2,8-9H2,1H3,(H,16,17). The van der Waals surface area contributed by atoms with Crippen molar-refractivity contribution in [1.29, 1.82) is 0 Å². The van der Waals surface area contributed by atoms with Crippen LogP contribution in [0, 0.1) is 0 Å². The van der Waals surface area contributed by atoms with Gasteiger partial charge in [0.2, 0.25) is 5.91 Å². The van der Waals surface area contributed by atoms with E-state index < -0.39 is 0 Å². The molecule has 1 N–H and O–H groups in total. The lowest BCUT2D eigenvalue weighted by Crippen LogP contribution is -2.12. The fraction of sp³-hybridized carbons (Fsp3) is 0.267. The highest BCUT2D eigenvalue weighted by atomic mass is 16.3. The summed E-state index contributed by atoms with van der Waals surface area (Å²) < 4.78 is 5.19. The Morgan fingerprint density at radius 2 is 2.17 bits per heavy atom. The number of nitrogens with one attached hydrogen (secondary N) is 1. The second-order valence-electron chi connectivity index (χ2n) is 4.18. The lowest BCUT2D eigenvalue weighted by molar-refractivity contribution is -0.116. The molecular formula is C15H17NO2. The van der Waals surface area contributed by atoms with Crippen molar-refractivity contribution < 1.29 is 9.21 Å². The van der Waals surface area contributed by atoms with Gasteiger partial charge in [-0.2, -0.15) is 0 Å². The van der Waals surface area contributed by atoms with Gasteiger partial charge in [-0.3, -0.25) is 4.79 Å². The largest absolute Gasteiger partial charge is 0.469 e. The minimum absolute atomic E-state index is 0.0136. The number of rotatable bonds is 5. The van der Waals surface area contributed by atoms with Gasteiger partial charge < -0.3 is 9.73 Å². The van der Waals surface area contributed by atoms with E-state index in [1.807, 2.05) is 30.3 Å². The molecule has 0 aliphatic heterocycles. The Hall–Kier alpha value is -2.03. The number of hydrogen-bond donors (Lipinski definition) is 1. The van der Waals surface area contributed by atoms with Crippen LogP contribution >= 0.6 is 0 Å². The smallest absolute Gasteiger partial charge is 0.224 e. The van der Waals surface area contributed by atoms with E-state index in [4.69, 9.17) is 4.42 Å². The van der Waals surface area contributed by atoms with E-state index in [-0.39, 0.29) is 5.91 Å². The van der Waals surface area contributed by atoms with Crippen molar-refractivity contribution in [3.63, 3.8) is 0 Å². The van der Waals surface area contributed by atoms with Crippen molar-refractivity contribution in [3.8, 4) is 0 Å². The summed E-state index contributed by atoms with van der Waals surface area (Å²) in [5.74, 6) is 0.854. The van der Waals surface area contributed by atoms with Crippen LogP contribution < -0.4 is 5.32 Å². The van der Waals surface area contributed by atoms with E-state index in [0.29, 0.717) is 12.8 Å². The van der Waals surface area contributed by atoms with E-state index in [2.05, 4.69) is 18.3 Å². The average molecular weight is 243 g/mol. The molecule has 0 fully saturated rings. The molecule has 18 heavy (non-hydrogen) atoms. The molecule has 3 heteroatoms. The summed E-state index contributed by atoms with van der Waals surface area (Å²) >= 11 is 0. The first-order chi connectivity index (χ1) is 8.78. The zero-order chi connectivity index (χ0) is 12.8. The summed E-state index contributed by atoms with van der Waals surface area (Å²) in [6, 6.07) is 11.6. The van der Waals surface area contributed by atoms with Gasteiger partial charge in [-0.05, 0) is 36.2 Å². The molecule has 3 nitrogen and oxygen atoms in total. The number of anilines is 1. The molecule has 0 saturated heterocycles. The Bertz CT molecular complexity index is 503. The summed E-state index contributed by atoms with van der Waals surface area (Å²) in [5.41, 5.74) is 2.08. The fourth-order valence-corrected chi connectivity index (χ4v) is 1.78. The first-order valence-corrected chi connectivity index (χ1v) is 6.19. The minimum atomic E-state index is 0.0136. The molecule has 94 valence electrons. The molecular weight excluding hydrogens is 226 g/mol. The lowest BCUT2D eigenvalue weighted by Gasteiger charge is -2.06. The van der Waals surface area contributed by atoms with Gasteiger partial charge in [0, 0.05) is 18.5 Å². The van der Waals surface area contributed by atoms with Gasteiger partial charge in [0.1, 0.15) is 5.76 Å². The molecule has 0 bridgehead atoms. The van der Waals surface area contributed by atoms with Gasteiger partial charge in [-0.1, -0.05) is 19.1 Å². The minimum Gasteiger partial charge on any atom is -0.469 e. The molecule has 2 rings (SSSR count). The molecule has 1 aromatic heterocycles. The molecule has 0 saturated carbocycles. The van der Waals surface area contributed by atoms with Crippen LogP contribution in [0.25, 0.3) is 0 Å². The summed E-state index contributed by atoms with van der Waals surface area (Å²) in [6.07, 6.45) is 3.66. The first kappa shape index (κ1) is 12.4. The number of furan rings is 1. The molecule has 1 aromatic carbocycles. The zero-order valence-corrected chi connectivity index (χ0v) is 10.5.